The van der Waals surface area contributed by atoms with Gasteiger partial charge < -0.3 is 24.4 Å². The van der Waals surface area contributed by atoms with Crippen LogP contribution in [0.2, 0.25) is 0 Å². The Kier molecular flexibility index (Phi) is 7.91. The number of benzene rings is 2. The van der Waals surface area contributed by atoms with Crippen molar-refractivity contribution in [3.63, 3.8) is 0 Å². The summed E-state index contributed by atoms with van der Waals surface area (Å²) in [5.41, 5.74) is 1.54. The molecule has 0 fully saturated rings. The molecule has 2 aromatic heterocycles. The van der Waals surface area contributed by atoms with E-state index in [1.807, 2.05) is 61.1 Å². The molecule has 2 aromatic carbocycles. The quantitative estimate of drug-likeness (QED) is 0.281. The smallest absolute Gasteiger partial charge is 0.420 e. The molecule has 39 heavy (non-hydrogen) atoms. The molecular weight excluding hydrogens is 509 g/mol. The molecule has 0 atom stereocenters. The van der Waals surface area contributed by atoms with E-state index in [9.17, 15) is 18.0 Å². The highest BCUT2D eigenvalue weighted by Crippen LogP contribution is 2.43. The number of alkyl halides is 3. The van der Waals surface area contributed by atoms with Crippen molar-refractivity contribution in [1.29, 1.82) is 0 Å². The van der Waals surface area contributed by atoms with Gasteiger partial charge in [-0.3, -0.25) is 4.79 Å². The number of carbonyl (C=O) groups excluding carboxylic acids is 1. The number of ether oxygens (including phenoxy) is 1. The lowest BCUT2D eigenvalue weighted by Gasteiger charge is -2.26. The van der Waals surface area contributed by atoms with Crippen LogP contribution in [-0.2, 0) is 18.0 Å². The zero-order valence-electron chi connectivity index (χ0n) is 22.1. The number of fused-ring (bicyclic) bond motifs is 1. The number of nitrogens with zero attached hydrogens (tertiary/aromatic N) is 5. The summed E-state index contributed by atoms with van der Waals surface area (Å²) in [5.74, 6) is -1.11. The number of likely N-dealkylation sites (N-methyl/N-ethyl adjacent to an activating group) is 2. The van der Waals surface area contributed by atoms with Gasteiger partial charge in [-0.05, 0) is 38.4 Å². The predicted molar refractivity (Wildman–Crippen MR) is 146 cm³/mol. The number of aromatic nitrogens is 3. The molecule has 2 heterocycles. The van der Waals surface area contributed by atoms with Crippen molar-refractivity contribution in [2.75, 3.05) is 44.4 Å². The molecule has 0 saturated carbocycles. The van der Waals surface area contributed by atoms with Crippen LogP contribution in [-0.4, -0.2) is 59.6 Å². The second-order valence-electron chi connectivity index (χ2n) is 9.28. The summed E-state index contributed by atoms with van der Waals surface area (Å²) < 4.78 is 50.3. The number of para-hydroxylation sites is 1. The summed E-state index contributed by atoms with van der Waals surface area (Å²) in [5, 5.41) is 3.52. The van der Waals surface area contributed by atoms with Crippen molar-refractivity contribution in [3.8, 4) is 23.0 Å². The molecule has 4 aromatic rings. The molecule has 0 spiro atoms. The fourth-order valence-corrected chi connectivity index (χ4v) is 4.13. The molecular formula is C28H29F3N6O2. The van der Waals surface area contributed by atoms with Crippen molar-refractivity contribution >= 4 is 28.2 Å². The third-order valence-electron chi connectivity index (χ3n) is 6.15. The van der Waals surface area contributed by atoms with Crippen LogP contribution >= 0.6 is 0 Å². The number of rotatable bonds is 9. The number of nitrogens with one attached hydrogen (secondary N) is 1. The van der Waals surface area contributed by atoms with Gasteiger partial charge in [0, 0.05) is 62.1 Å². The molecule has 0 aliphatic carbocycles. The normalized spacial score (nSPS) is 11.6. The fourth-order valence-electron chi connectivity index (χ4n) is 4.13. The zero-order chi connectivity index (χ0) is 28.3. The van der Waals surface area contributed by atoms with Crippen molar-refractivity contribution in [1.82, 2.24) is 19.4 Å². The standard InChI is InChI=1S/C28H29F3N6O2/c1-6-26(38)33-22-16-25(20(28(29,30)31)15-24(22)36(4)14-13-35(2)3)39-27-32-12-11-21(34-27)19-17-37(5)23-10-8-7-9-18(19)23/h6-12,15-17H,1,13-14H2,2-5H3,(H,33,38). The van der Waals surface area contributed by atoms with Gasteiger partial charge in [-0.25, -0.2) is 4.98 Å². The van der Waals surface area contributed by atoms with Crippen LogP contribution in [0.1, 0.15) is 5.56 Å². The number of carbonyl (C=O) groups is 1. The monoisotopic (exact) mass is 538 g/mol. The lowest BCUT2D eigenvalue weighted by Crippen LogP contribution is -2.29. The van der Waals surface area contributed by atoms with Gasteiger partial charge in [-0.15, -0.1) is 0 Å². The van der Waals surface area contributed by atoms with Gasteiger partial charge in [0.25, 0.3) is 0 Å². The lowest BCUT2D eigenvalue weighted by atomic mass is 10.1. The van der Waals surface area contributed by atoms with Gasteiger partial charge >= 0.3 is 12.2 Å². The Bertz CT molecular complexity index is 1510. The number of aryl methyl sites for hydroxylation is 1. The maximum absolute atomic E-state index is 14.2. The van der Waals surface area contributed by atoms with Crippen LogP contribution in [0.3, 0.4) is 0 Å². The van der Waals surface area contributed by atoms with Crippen LogP contribution in [0.25, 0.3) is 22.2 Å². The van der Waals surface area contributed by atoms with E-state index >= 15 is 0 Å². The minimum Gasteiger partial charge on any atom is -0.424 e. The Morgan fingerprint density at radius 1 is 1.15 bits per heavy atom. The van der Waals surface area contributed by atoms with E-state index in [2.05, 4.69) is 21.9 Å². The third-order valence-corrected chi connectivity index (χ3v) is 6.15. The largest absolute Gasteiger partial charge is 0.424 e. The molecule has 0 radical (unpaired) electrons. The van der Waals surface area contributed by atoms with Crippen LogP contribution < -0.4 is 15.0 Å². The van der Waals surface area contributed by atoms with Gasteiger partial charge in [0.05, 0.1) is 17.1 Å². The van der Waals surface area contributed by atoms with Crippen molar-refractivity contribution in [2.45, 2.75) is 6.18 Å². The Balaban J connectivity index is 1.78. The van der Waals surface area contributed by atoms with Gasteiger partial charge in [0.2, 0.25) is 5.91 Å². The molecule has 0 saturated heterocycles. The summed E-state index contributed by atoms with van der Waals surface area (Å²) in [6.07, 6.45) is -0.394. The van der Waals surface area contributed by atoms with Crippen LogP contribution in [0.15, 0.2) is 67.5 Å². The average molecular weight is 539 g/mol. The van der Waals surface area contributed by atoms with Gasteiger partial charge in [-0.2, -0.15) is 18.2 Å². The topological polar surface area (TPSA) is 75.5 Å². The first-order valence-electron chi connectivity index (χ1n) is 12.1. The maximum Gasteiger partial charge on any atom is 0.420 e. The number of hydrogen-bond donors (Lipinski definition) is 1. The molecule has 1 amide bonds. The molecule has 11 heteroatoms. The third kappa shape index (κ3) is 6.20. The first-order chi connectivity index (χ1) is 18.5. The highest BCUT2D eigenvalue weighted by molar-refractivity contribution is 6.01. The molecule has 0 aliphatic rings. The summed E-state index contributed by atoms with van der Waals surface area (Å²) in [6, 6.07) is 11.2. The number of amides is 1. The Morgan fingerprint density at radius 2 is 1.90 bits per heavy atom. The summed E-state index contributed by atoms with van der Waals surface area (Å²) in [7, 11) is 7.27. The van der Waals surface area contributed by atoms with E-state index in [1.165, 1.54) is 6.20 Å². The van der Waals surface area contributed by atoms with Gasteiger partial charge in [-0.1, -0.05) is 24.8 Å². The second kappa shape index (κ2) is 11.2. The minimum atomic E-state index is -4.75. The van der Waals surface area contributed by atoms with E-state index < -0.39 is 23.4 Å². The van der Waals surface area contributed by atoms with Crippen LogP contribution in [0.5, 0.6) is 11.8 Å². The molecule has 8 nitrogen and oxygen atoms in total. The van der Waals surface area contributed by atoms with Gasteiger partial charge in [0.15, 0.2) is 0 Å². The van der Waals surface area contributed by atoms with Gasteiger partial charge in [0.1, 0.15) is 11.3 Å². The van der Waals surface area contributed by atoms with Crippen molar-refractivity contribution in [2.24, 2.45) is 7.05 Å². The summed E-state index contributed by atoms with van der Waals surface area (Å²) in [4.78, 5) is 24.1. The Morgan fingerprint density at radius 3 is 2.59 bits per heavy atom. The summed E-state index contributed by atoms with van der Waals surface area (Å²) >= 11 is 0. The molecule has 0 unspecified atom stereocenters. The highest BCUT2D eigenvalue weighted by atomic mass is 19.4. The first-order valence-corrected chi connectivity index (χ1v) is 12.1. The van der Waals surface area contributed by atoms with E-state index in [1.54, 1.807) is 18.0 Å². The predicted octanol–water partition coefficient (Wildman–Crippen LogP) is 5.57. The minimum absolute atomic E-state index is 0.134. The molecule has 0 bridgehead atoms. The van der Waals surface area contributed by atoms with E-state index in [4.69, 9.17) is 4.74 Å². The van der Waals surface area contributed by atoms with Crippen molar-refractivity contribution in [3.05, 3.63) is 73.1 Å². The van der Waals surface area contributed by atoms with E-state index in [0.29, 0.717) is 18.8 Å². The molecule has 204 valence electrons. The molecule has 1 N–H and O–H groups in total. The summed E-state index contributed by atoms with van der Waals surface area (Å²) in [6.45, 7) is 4.43. The van der Waals surface area contributed by atoms with Crippen LogP contribution in [0.4, 0.5) is 24.5 Å². The zero-order valence-corrected chi connectivity index (χ0v) is 22.1. The SMILES string of the molecule is C=CC(=O)Nc1cc(Oc2nccc(-c3cn(C)c4ccccc34)n2)c(C(F)(F)F)cc1N(C)CCN(C)C. The second-order valence-corrected chi connectivity index (χ2v) is 9.28. The average Bonchev–Trinajstić information content (AvgIpc) is 3.23. The van der Waals surface area contributed by atoms with E-state index in [0.717, 1.165) is 34.7 Å². The number of anilines is 2. The Hall–Kier alpha value is -4.38. The highest BCUT2D eigenvalue weighted by Gasteiger charge is 2.36. The molecule has 0 aliphatic heterocycles. The fraction of sp³-hybridized carbons (Fsp3) is 0.250. The van der Waals surface area contributed by atoms with E-state index in [-0.39, 0.29) is 17.4 Å². The lowest BCUT2D eigenvalue weighted by molar-refractivity contribution is -0.138. The number of halogens is 3. The Labute approximate surface area is 224 Å². The van der Waals surface area contributed by atoms with Crippen molar-refractivity contribution < 1.29 is 22.7 Å². The first kappa shape index (κ1) is 27.6. The number of hydrogen-bond acceptors (Lipinski definition) is 6. The molecule has 4 rings (SSSR count). The maximum atomic E-state index is 14.2. The van der Waals surface area contributed by atoms with Crippen LogP contribution in [0, 0.1) is 0 Å².